The van der Waals surface area contributed by atoms with Gasteiger partial charge in [0.05, 0.1) is 12.1 Å². The molecule has 1 aliphatic heterocycles. The third-order valence-electron chi connectivity index (χ3n) is 5.30. The number of amides is 2. The first-order chi connectivity index (χ1) is 14.1. The molecule has 0 spiro atoms. The molecule has 5 nitrogen and oxygen atoms in total. The molecule has 2 aromatic carbocycles. The van der Waals surface area contributed by atoms with Crippen LogP contribution in [0.15, 0.2) is 54.6 Å². The fraction of sp³-hybridized carbons (Fsp3) is 0.391. The van der Waals surface area contributed by atoms with Crippen LogP contribution in [0.3, 0.4) is 0 Å². The molecule has 154 valence electrons. The molecule has 0 aliphatic carbocycles. The van der Waals surface area contributed by atoms with E-state index in [4.69, 9.17) is 0 Å². The lowest BCUT2D eigenvalue weighted by atomic mass is 9.95. The van der Waals surface area contributed by atoms with E-state index in [9.17, 15) is 9.59 Å². The number of thioether (sulfide) groups is 1. The highest BCUT2D eigenvalue weighted by atomic mass is 32.2. The summed E-state index contributed by atoms with van der Waals surface area (Å²) in [5.41, 5.74) is 3.46. The topological polar surface area (TPSA) is 70.2 Å². The van der Waals surface area contributed by atoms with E-state index in [0.29, 0.717) is 19.4 Å². The summed E-state index contributed by atoms with van der Waals surface area (Å²) in [6, 6.07) is 17.0. The van der Waals surface area contributed by atoms with Gasteiger partial charge in [-0.3, -0.25) is 9.59 Å². The largest absolute Gasteiger partial charge is 0.348 e. The maximum atomic E-state index is 12.9. The van der Waals surface area contributed by atoms with Gasteiger partial charge in [-0.1, -0.05) is 54.6 Å². The van der Waals surface area contributed by atoms with Crippen LogP contribution in [0.1, 0.15) is 36.1 Å². The third kappa shape index (κ3) is 5.84. The molecule has 1 aliphatic rings. The van der Waals surface area contributed by atoms with E-state index in [1.807, 2.05) is 55.6 Å². The number of carbonyl (C=O) groups excluding carboxylic acids is 2. The van der Waals surface area contributed by atoms with Gasteiger partial charge in [-0.2, -0.15) is 11.8 Å². The molecule has 6 heteroatoms. The Morgan fingerprint density at radius 2 is 1.76 bits per heavy atom. The van der Waals surface area contributed by atoms with E-state index in [0.717, 1.165) is 11.3 Å². The normalized spacial score (nSPS) is 17.7. The quantitative estimate of drug-likeness (QED) is 0.625. The van der Waals surface area contributed by atoms with Gasteiger partial charge in [0.15, 0.2) is 0 Å². The minimum atomic E-state index is -0.542. The minimum absolute atomic E-state index is 0.114. The predicted octanol–water partition coefficient (Wildman–Crippen LogP) is 2.82. The van der Waals surface area contributed by atoms with Gasteiger partial charge in [-0.25, -0.2) is 0 Å². The number of rotatable bonds is 8. The maximum absolute atomic E-state index is 12.9. The van der Waals surface area contributed by atoms with Crippen molar-refractivity contribution in [3.05, 3.63) is 71.3 Å². The van der Waals surface area contributed by atoms with E-state index in [1.165, 1.54) is 11.1 Å². The van der Waals surface area contributed by atoms with Gasteiger partial charge in [-0.15, -0.1) is 0 Å². The van der Waals surface area contributed by atoms with Crippen LogP contribution in [-0.4, -0.2) is 35.9 Å². The minimum Gasteiger partial charge on any atom is -0.348 e. The van der Waals surface area contributed by atoms with Crippen LogP contribution in [0.2, 0.25) is 0 Å². The molecule has 0 bridgehead atoms. The average Bonchev–Trinajstić information content (AvgIpc) is 2.76. The van der Waals surface area contributed by atoms with Crippen LogP contribution in [0.5, 0.6) is 0 Å². The molecular formula is C23H29N3O2S. The Balaban J connectivity index is 1.62. The second-order valence-electron chi connectivity index (χ2n) is 7.39. The highest BCUT2D eigenvalue weighted by molar-refractivity contribution is 7.98. The lowest BCUT2D eigenvalue weighted by molar-refractivity contribution is -0.130. The first-order valence-corrected chi connectivity index (χ1v) is 11.4. The molecule has 0 radical (unpaired) electrons. The lowest BCUT2D eigenvalue weighted by Gasteiger charge is -2.28. The number of benzene rings is 2. The van der Waals surface area contributed by atoms with E-state index >= 15 is 0 Å². The van der Waals surface area contributed by atoms with Gasteiger partial charge in [0.2, 0.25) is 11.8 Å². The third-order valence-corrected chi connectivity index (χ3v) is 5.94. The SMILES string of the molecule is CSCCC(NC(=O)C1Cc2ccccc2CN1)C(=O)NC(C)c1ccccc1. The highest BCUT2D eigenvalue weighted by Gasteiger charge is 2.28. The Labute approximate surface area is 177 Å². The Bertz CT molecular complexity index is 828. The van der Waals surface area contributed by atoms with Crippen LogP contribution in [0.25, 0.3) is 0 Å². The molecule has 3 unspecified atom stereocenters. The van der Waals surface area contributed by atoms with Crippen LogP contribution in [0.4, 0.5) is 0 Å². The molecule has 3 rings (SSSR count). The molecule has 3 N–H and O–H groups in total. The summed E-state index contributed by atoms with van der Waals surface area (Å²) in [4.78, 5) is 25.8. The van der Waals surface area contributed by atoms with Gasteiger partial charge < -0.3 is 16.0 Å². The van der Waals surface area contributed by atoms with Crippen LogP contribution in [-0.2, 0) is 22.6 Å². The van der Waals surface area contributed by atoms with Crippen molar-refractivity contribution in [1.82, 2.24) is 16.0 Å². The van der Waals surface area contributed by atoms with Gasteiger partial charge in [-0.05, 0) is 48.5 Å². The molecule has 0 saturated heterocycles. The summed E-state index contributed by atoms with van der Waals surface area (Å²) in [6.07, 6.45) is 3.24. The van der Waals surface area contributed by atoms with Gasteiger partial charge in [0.1, 0.15) is 6.04 Å². The van der Waals surface area contributed by atoms with Crippen LogP contribution < -0.4 is 16.0 Å². The molecule has 2 amide bonds. The number of fused-ring (bicyclic) bond motifs is 1. The van der Waals surface area contributed by atoms with E-state index in [2.05, 4.69) is 28.1 Å². The van der Waals surface area contributed by atoms with Crippen molar-refractivity contribution < 1.29 is 9.59 Å². The summed E-state index contributed by atoms with van der Waals surface area (Å²) < 4.78 is 0. The maximum Gasteiger partial charge on any atom is 0.243 e. The van der Waals surface area contributed by atoms with Crippen molar-refractivity contribution >= 4 is 23.6 Å². The summed E-state index contributed by atoms with van der Waals surface area (Å²) in [7, 11) is 0. The van der Waals surface area contributed by atoms with Gasteiger partial charge in [0, 0.05) is 6.54 Å². The summed E-state index contributed by atoms with van der Waals surface area (Å²) >= 11 is 1.67. The summed E-state index contributed by atoms with van der Waals surface area (Å²) in [6.45, 7) is 2.63. The van der Waals surface area contributed by atoms with Crippen molar-refractivity contribution in [3.8, 4) is 0 Å². The van der Waals surface area contributed by atoms with E-state index < -0.39 is 6.04 Å². The van der Waals surface area contributed by atoms with Crippen molar-refractivity contribution in [3.63, 3.8) is 0 Å². The fourth-order valence-corrected chi connectivity index (χ4v) is 4.03. The zero-order chi connectivity index (χ0) is 20.6. The predicted molar refractivity (Wildman–Crippen MR) is 119 cm³/mol. The molecule has 29 heavy (non-hydrogen) atoms. The first kappa shape index (κ1) is 21.4. The van der Waals surface area contributed by atoms with Crippen molar-refractivity contribution in [1.29, 1.82) is 0 Å². The smallest absolute Gasteiger partial charge is 0.243 e. The molecule has 2 aromatic rings. The number of hydrogen-bond donors (Lipinski definition) is 3. The Kier molecular flexibility index (Phi) is 7.72. The zero-order valence-electron chi connectivity index (χ0n) is 17.0. The Morgan fingerprint density at radius 1 is 1.07 bits per heavy atom. The molecule has 0 fully saturated rings. The van der Waals surface area contributed by atoms with Crippen molar-refractivity contribution in [2.24, 2.45) is 0 Å². The monoisotopic (exact) mass is 411 g/mol. The Hall–Kier alpha value is -2.31. The number of nitrogens with one attached hydrogen (secondary N) is 3. The molecule has 0 saturated carbocycles. The van der Waals surface area contributed by atoms with Crippen LogP contribution >= 0.6 is 11.8 Å². The second-order valence-corrected chi connectivity index (χ2v) is 8.38. The Morgan fingerprint density at radius 3 is 2.48 bits per heavy atom. The highest BCUT2D eigenvalue weighted by Crippen LogP contribution is 2.17. The first-order valence-electron chi connectivity index (χ1n) is 10.0. The standard InChI is InChI=1S/C23H29N3O2S/c1-16(17-8-4-3-5-9-17)25-22(27)20(12-13-29-2)26-23(28)21-14-18-10-6-7-11-19(18)15-24-21/h3-11,16,20-21,24H,12-15H2,1-2H3,(H,25,27)(H,26,28). The average molecular weight is 412 g/mol. The van der Waals surface area contributed by atoms with E-state index in [1.54, 1.807) is 11.8 Å². The van der Waals surface area contributed by atoms with Gasteiger partial charge >= 0.3 is 0 Å². The van der Waals surface area contributed by atoms with Crippen molar-refractivity contribution in [2.45, 2.75) is 44.4 Å². The number of hydrogen-bond acceptors (Lipinski definition) is 4. The number of carbonyl (C=O) groups is 2. The summed E-state index contributed by atoms with van der Waals surface area (Å²) in [5.74, 6) is 0.548. The van der Waals surface area contributed by atoms with Gasteiger partial charge in [0.25, 0.3) is 0 Å². The molecule has 0 aromatic heterocycles. The second kappa shape index (κ2) is 10.5. The van der Waals surface area contributed by atoms with Crippen molar-refractivity contribution in [2.75, 3.05) is 12.0 Å². The molecule has 3 atom stereocenters. The molecular weight excluding hydrogens is 382 g/mol. The molecule has 1 heterocycles. The van der Waals surface area contributed by atoms with Crippen LogP contribution in [0, 0.1) is 0 Å². The fourth-order valence-electron chi connectivity index (χ4n) is 3.56. The van der Waals surface area contributed by atoms with E-state index in [-0.39, 0.29) is 23.9 Å². The zero-order valence-corrected chi connectivity index (χ0v) is 17.8. The summed E-state index contributed by atoms with van der Waals surface area (Å²) in [5, 5.41) is 9.32. The lowest BCUT2D eigenvalue weighted by Crippen LogP contribution is -2.54.